The summed E-state index contributed by atoms with van der Waals surface area (Å²) in [6, 6.07) is 12.7. The minimum atomic E-state index is -3.63. The van der Waals surface area contributed by atoms with Gasteiger partial charge in [0.2, 0.25) is 0 Å². The zero-order chi connectivity index (χ0) is 20.6. The van der Waals surface area contributed by atoms with Crippen molar-refractivity contribution in [2.24, 2.45) is 4.99 Å². The number of hydrogen-bond donors (Lipinski definition) is 1. The zero-order valence-corrected chi connectivity index (χ0v) is 15.8. The third-order valence-electron chi connectivity index (χ3n) is 4.45. The molecule has 0 unspecified atom stereocenters. The molecule has 0 atom stereocenters. The van der Waals surface area contributed by atoms with Gasteiger partial charge in [-0.2, -0.15) is 0 Å². The van der Waals surface area contributed by atoms with E-state index in [1.54, 1.807) is 30.3 Å². The Hall–Kier alpha value is -3.53. The van der Waals surface area contributed by atoms with Gasteiger partial charge in [0.1, 0.15) is 19.0 Å². The number of rotatable bonds is 5. The van der Waals surface area contributed by atoms with Gasteiger partial charge in [-0.3, -0.25) is 29.0 Å². The van der Waals surface area contributed by atoms with Gasteiger partial charge in [0, 0.05) is 5.56 Å². The van der Waals surface area contributed by atoms with Gasteiger partial charge in [-0.15, -0.1) is 0 Å². The third-order valence-corrected chi connectivity index (χ3v) is 5.85. The lowest BCUT2D eigenvalue weighted by molar-refractivity contribution is -0.143. The number of amidine groups is 1. The topological polar surface area (TPSA) is 122 Å². The van der Waals surface area contributed by atoms with Crippen LogP contribution in [0.1, 0.15) is 26.3 Å². The molecule has 2 heterocycles. The van der Waals surface area contributed by atoms with Crippen molar-refractivity contribution in [2.75, 3.05) is 19.7 Å². The molecule has 29 heavy (non-hydrogen) atoms. The van der Waals surface area contributed by atoms with E-state index >= 15 is 0 Å². The van der Waals surface area contributed by atoms with Crippen LogP contribution in [0.15, 0.2) is 58.4 Å². The van der Waals surface area contributed by atoms with Gasteiger partial charge in [-0.05, 0) is 24.3 Å². The van der Waals surface area contributed by atoms with Crippen molar-refractivity contribution in [3.05, 3.63) is 65.2 Å². The fourth-order valence-corrected chi connectivity index (χ4v) is 4.38. The molecule has 9 nitrogen and oxygen atoms in total. The highest BCUT2D eigenvalue weighted by Gasteiger charge is 2.36. The Kier molecular flexibility index (Phi) is 4.63. The number of nitrogens with zero attached hydrogens (tertiary/aromatic N) is 2. The maximum absolute atomic E-state index is 12.2. The van der Waals surface area contributed by atoms with Crippen molar-refractivity contribution in [3.63, 3.8) is 0 Å². The monoisotopic (exact) mass is 413 g/mol. The lowest BCUT2D eigenvalue weighted by atomic mass is 10.1. The summed E-state index contributed by atoms with van der Waals surface area (Å²) in [5.74, 6) is -1.66. The normalized spacial score (nSPS) is 17.8. The van der Waals surface area contributed by atoms with Gasteiger partial charge in [-0.25, -0.2) is 8.42 Å². The molecular weight excluding hydrogens is 398 g/mol. The third kappa shape index (κ3) is 3.38. The van der Waals surface area contributed by atoms with Gasteiger partial charge in [-0.1, -0.05) is 24.3 Å². The Balaban J connectivity index is 1.33. The van der Waals surface area contributed by atoms with E-state index in [1.165, 1.54) is 18.2 Å². The van der Waals surface area contributed by atoms with Gasteiger partial charge in [0.15, 0.2) is 0 Å². The summed E-state index contributed by atoms with van der Waals surface area (Å²) < 4.78 is 31.4. The van der Waals surface area contributed by atoms with E-state index in [2.05, 4.69) is 9.71 Å². The lowest BCUT2D eigenvalue weighted by Crippen LogP contribution is -2.36. The number of esters is 1. The molecular formula is C19H15N3O6S. The average Bonchev–Trinajstić information content (AvgIpc) is 3.11. The van der Waals surface area contributed by atoms with Crippen molar-refractivity contribution in [2.45, 2.75) is 4.90 Å². The van der Waals surface area contributed by atoms with Crippen LogP contribution >= 0.6 is 0 Å². The van der Waals surface area contributed by atoms with Crippen molar-refractivity contribution in [3.8, 4) is 0 Å². The molecule has 0 aromatic heterocycles. The van der Waals surface area contributed by atoms with Crippen LogP contribution in [0.5, 0.6) is 0 Å². The first-order chi connectivity index (χ1) is 13.9. The smallest absolute Gasteiger partial charge is 0.326 e. The number of fused-ring (bicyclic) bond motifs is 2. The average molecular weight is 413 g/mol. The summed E-state index contributed by atoms with van der Waals surface area (Å²) in [6.45, 7) is -0.617. The number of carbonyl (C=O) groups excluding carboxylic acids is 3. The molecule has 0 spiro atoms. The molecule has 148 valence electrons. The molecule has 2 aliphatic heterocycles. The quantitative estimate of drug-likeness (QED) is 0.434. The Morgan fingerprint density at radius 2 is 1.55 bits per heavy atom. The van der Waals surface area contributed by atoms with E-state index in [1.807, 2.05) is 0 Å². The number of imide groups is 1. The van der Waals surface area contributed by atoms with E-state index in [9.17, 15) is 22.8 Å². The second-order valence-corrected chi connectivity index (χ2v) is 7.95. The first-order valence-electron chi connectivity index (χ1n) is 8.66. The number of benzene rings is 2. The van der Waals surface area contributed by atoms with Crippen LogP contribution in [0.4, 0.5) is 0 Å². The van der Waals surface area contributed by atoms with Crippen molar-refractivity contribution < 1.29 is 27.5 Å². The van der Waals surface area contributed by atoms with Crippen LogP contribution < -0.4 is 4.72 Å². The highest BCUT2D eigenvalue weighted by atomic mass is 32.2. The molecule has 0 saturated heterocycles. The van der Waals surface area contributed by atoms with Crippen LogP contribution in [-0.4, -0.2) is 56.6 Å². The van der Waals surface area contributed by atoms with Crippen molar-refractivity contribution in [1.29, 1.82) is 0 Å². The fraction of sp³-hybridized carbons (Fsp3) is 0.158. The number of hydrogen-bond acceptors (Lipinski definition) is 7. The molecule has 2 aliphatic rings. The van der Waals surface area contributed by atoms with Crippen LogP contribution in [0.25, 0.3) is 0 Å². The Bertz CT molecular complexity index is 1140. The fourth-order valence-electron chi connectivity index (χ4n) is 3.13. The number of aliphatic imine (C=N–C) groups is 1. The number of carbonyl (C=O) groups is 3. The zero-order valence-electron chi connectivity index (χ0n) is 15.0. The number of ether oxygens (including phenoxy) is 1. The molecule has 2 aromatic carbocycles. The van der Waals surface area contributed by atoms with Gasteiger partial charge in [0.05, 0.1) is 22.6 Å². The van der Waals surface area contributed by atoms with Gasteiger partial charge in [0.25, 0.3) is 21.8 Å². The van der Waals surface area contributed by atoms with E-state index in [0.29, 0.717) is 5.56 Å². The minimum Gasteiger partial charge on any atom is -0.462 e. The highest BCUT2D eigenvalue weighted by molar-refractivity contribution is 7.90. The first kappa shape index (κ1) is 18.8. The number of sulfonamides is 1. The molecule has 4 rings (SSSR count). The van der Waals surface area contributed by atoms with Crippen molar-refractivity contribution >= 4 is 33.6 Å². The van der Waals surface area contributed by atoms with E-state index in [-0.39, 0.29) is 35.0 Å². The van der Waals surface area contributed by atoms with Crippen LogP contribution in [0, 0.1) is 0 Å². The molecule has 1 N–H and O–H groups in total. The summed E-state index contributed by atoms with van der Waals surface area (Å²) in [7, 11) is -3.63. The largest absolute Gasteiger partial charge is 0.462 e. The maximum atomic E-state index is 12.2. The van der Waals surface area contributed by atoms with Crippen LogP contribution in [0.2, 0.25) is 0 Å². The van der Waals surface area contributed by atoms with Gasteiger partial charge >= 0.3 is 5.97 Å². The SMILES string of the molecule is O=C(CN1C(=O)c2ccccc2C1=O)OCCN=C1NS(=O)(=O)c2ccccc21. The standard InChI is InChI=1S/C19H15N3O6S/c23-16(11-22-18(24)12-5-1-2-6-13(12)19(22)25)28-10-9-20-17-14-7-3-4-8-15(14)29(26,27)21-17/h1-8H,9-11H2,(H,20,21). The summed E-state index contributed by atoms with van der Waals surface area (Å²) in [6.07, 6.45) is 0. The van der Waals surface area contributed by atoms with Gasteiger partial charge < -0.3 is 4.74 Å². The Morgan fingerprint density at radius 1 is 0.966 bits per heavy atom. The van der Waals surface area contributed by atoms with E-state index in [0.717, 1.165) is 4.90 Å². The highest BCUT2D eigenvalue weighted by Crippen LogP contribution is 2.23. The van der Waals surface area contributed by atoms with E-state index < -0.39 is 34.4 Å². The molecule has 0 aliphatic carbocycles. The lowest BCUT2D eigenvalue weighted by Gasteiger charge is -2.12. The summed E-state index contributed by atoms with van der Waals surface area (Å²) in [4.78, 5) is 41.6. The Morgan fingerprint density at radius 3 is 2.21 bits per heavy atom. The molecule has 0 saturated carbocycles. The Labute approximate surface area is 166 Å². The molecule has 0 bridgehead atoms. The predicted molar refractivity (Wildman–Crippen MR) is 101 cm³/mol. The van der Waals surface area contributed by atoms with Crippen molar-refractivity contribution in [1.82, 2.24) is 9.62 Å². The number of amides is 2. The molecule has 0 fully saturated rings. The first-order valence-corrected chi connectivity index (χ1v) is 10.1. The molecule has 2 aromatic rings. The summed E-state index contributed by atoms with van der Waals surface area (Å²) in [5.41, 5.74) is 0.956. The maximum Gasteiger partial charge on any atom is 0.326 e. The molecule has 0 radical (unpaired) electrons. The minimum absolute atomic E-state index is 0.0139. The molecule has 10 heteroatoms. The second-order valence-electron chi connectivity index (χ2n) is 6.29. The number of nitrogens with one attached hydrogen (secondary N) is 1. The summed E-state index contributed by atoms with van der Waals surface area (Å²) >= 11 is 0. The van der Waals surface area contributed by atoms with E-state index in [4.69, 9.17) is 4.74 Å². The molecule has 2 amide bonds. The van der Waals surface area contributed by atoms with Crippen LogP contribution in [0.3, 0.4) is 0 Å². The van der Waals surface area contributed by atoms with Crippen LogP contribution in [-0.2, 0) is 19.6 Å². The summed E-state index contributed by atoms with van der Waals surface area (Å²) in [5, 5.41) is 0. The second kappa shape index (κ2) is 7.13. The predicted octanol–water partition coefficient (Wildman–Crippen LogP) is 0.564.